The summed E-state index contributed by atoms with van der Waals surface area (Å²) in [5.74, 6) is -0.0661. The highest BCUT2D eigenvalue weighted by molar-refractivity contribution is 7.07. The second-order valence-electron chi connectivity index (χ2n) is 9.34. The molecule has 0 fully saturated rings. The van der Waals surface area contributed by atoms with Crippen LogP contribution in [0, 0.1) is 0 Å². The van der Waals surface area contributed by atoms with Crippen LogP contribution < -0.4 is 14.9 Å². The molecule has 0 saturated carbocycles. The van der Waals surface area contributed by atoms with Gasteiger partial charge in [0.1, 0.15) is 0 Å². The summed E-state index contributed by atoms with van der Waals surface area (Å²) in [6.45, 7) is 8.11. The number of ether oxygens (including phenoxy) is 1. The number of hydrogen-bond donors (Lipinski definition) is 0. The van der Waals surface area contributed by atoms with E-state index in [0.717, 1.165) is 22.0 Å². The number of rotatable bonds is 5. The number of hydrogen-bond acceptors (Lipinski definition) is 5. The minimum atomic E-state index is -0.601. The standard InChI is InChI=1S/C29H29N3O3S/c1-6-35-28(34)25-18(4)30-29-32(26(25)20-13-11-19(12-14-20)17(2)3)27(33)24(36-29)15-21-16-31(5)23-10-8-7-9-22(21)23/h7-17,26H,6H2,1-5H3/b24-15+/t26-/m1/s1. The Balaban J connectivity index is 1.73. The summed E-state index contributed by atoms with van der Waals surface area (Å²) in [4.78, 5) is 32.2. The lowest BCUT2D eigenvalue weighted by atomic mass is 9.93. The number of nitrogens with zero attached hydrogens (tertiary/aromatic N) is 3. The summed E-state index contributed by atoms with van der Waals surface area (Å²) in [5.41, 5.74) is 4.93. The maximum absolute atomic E-state index is 13.9. The Labute approximate surface area is 213 Å². The minimum absolute atomic E-state index is 0.168. The molecule has 3 heterocycles. The van der Waals surface area contributed by atoms with Crippen LogP contribution in [0.4, 0.5) is 0 Å². The molecule has 0 amide bonds. The highest BCUT2D eigenvalue weighted by Gasteiger charge is 2.33. The molecule has 2 aromatic carbocycles. The van der Waals surface area contributed by atoms with Crippen LogP contribution in [0.2, 0.25) is 0 Å². The summed E-state index contributed by atoms with van der Waals surface area (Å²) in [6, 6.07) is 15.6. The molecule has 4 aromatic rings. The van der Waals surface area contributed by atoms with Gasteiger partial charge in [0.15, 0.2) is 4.80 Å². The van der Waals surface area contributed by atoms with Crippen molar-refractivity contribution in [1.29, 1.82) is 0 Å². The lowest BCUT2D eigenvalue weighted by Crippen LogP contribution is -2.39. The van der Waals surface area contributed by atoms with Gasteiger partial charge in [0.2, 0.25) is 0 Å². The molecule has 0 saturated heterocycles. The van der Waals surface area contributed by atoms with E-state index in [-0.39, 0.29) is 12.2 Å². The summed E-state index contributed by atoms with van der Waals surface area (Å²) < 4.78 is 9.67. The van der Waals surface area contributed by atoms with Crippen molar-refractivity contribution in [3.05, 3.63) is 102 Å². The van der Waals surface area contributed by atoms with Gasteiger partial charge in [-0.15, -0.1) is 0 Å². The van der Waals surface area contributed by atoms with E-state index in [1.54, 1.807) is 11.5 Å². The summed E-state index contributed by atoms with van der Waals surface area (Å²) in [7, 11) is 2.00. The van der Waals surface area contributed by atoms with Gasteiger partial charge >= 0.3 is 5.97 Å². The van der Waals surface area contributed by atoms with Crippen LogP contribution >= 0.6 is 11.3 Å². The topological polar surface area (TPSA) is 65.6 Å². The molecule has 2 aromatic heterocycles. The van der Waals surface area contributed by atoms with E-state index < -0.39 is 12.0 Å². The van der Waals surface area contributed by atoms with Gasteiger partial charge in [-0.2, -0.15) is 0 Å². The second kappa shape index (κ2) is 9.39. The molecule has 1 aliphatic rings. The van der Waals surface area contributed by atoms with Crippen molar-refractivity contribution in [2.75, 3.05) is 6.61 Å². The average molecular weight is 500 g/mol. The largest absolute Gasteiger partial charge is 0.463 e. The number of carbonyl (C=O) groups excluding carboxylic acids is 1. The van der Waals surface area contributed by atoms with Gasteiger partial charge in [-0.1, -0.05) is 67.6 Å². The highest BCUT2D eigenvalue weighted by Crippen LogP contribution is 2.31. The van der Waals surface area contributed by atoms with Gasteiger partial charge in [0.25, 0.3) is 5.56 Å². The number of carbonyl (C=O) groups is 1. The summed E-state index contributed by atoms with van der Waals surface area (Å²) in [6.07, 6.45) is 3.95. The normalized spacial score (nSPS) is 15.9. The Kier molecular flexibility index (Phi) is 6.26. The molecule has 36 heavy (non-hydrogen) atoms. The van der Waals surface area contributed by atoms with Crippen molar-refractivity contribution in [1.82, 2.24) is 9.13 Å². The minimum Gasteiger partial charge on any atom is -0.463 e. The molecule has 0 unspecified atom stereocenters. The smallest absolute Gasteiger partial charge is 0.338 e. The second-order valence-corrected chi connectivity index (χ2v) is 10.3. The van der Waals surface area contributed by atoms with Crippen molar-refractivity contribution < 1.29 is 9.53 Å². The molecule has 1 atom stereocenters. The van der Waals surface area contributed by atoms with Crippen molar-refractivity contribution >= 4 is 34.3 Å². The zero-order valence-electron chi connectivity index (χ0n) is 21.1. The maximum Gasteiger partial charge on any atom is 0.338 e. The first-order valence-electron chi connectivity index (χ1n) is 12.1. The Bertz CT molecular complexity index is 1680. The molecule has 7 heteroatoms. The number of allylic oxidation sites excluding steroid dienone is 1. The van der Waals surface area contributed by atoms with E-state index in [9.17, 15) is 9.59 Å². The molecule has 6 nitrogen and oxygen atoms in total. The van der Waals surface area contributed by atoms with Crippen LogP contribution in [-0.2, 0) is 16.6 Å². The molecule has 5 rings (SSSR count). The first kappa shape index (κ1) is 24.0. The zero-order valence-corrected chi connectivity index (χ0v) is 21.9. The molecule has 0 spiro atoms. The lowest BCUT2D eigenvalue weighted by Gasteiger charge is -2.25. The van der Waals surface area contributed by atoms with Gasteiger partial charge in [0.05, 0.1) is 28.5 Å². The van der Waals surface area contributed by atoms with Crippen LogP contribution in [0.3, 0.4) is 0 Å². The number of aromatic nitrogens is 2. The van der Waals surface area contributed by atoms with Crippen LogP contribution in [0.15, 0.2) is 75.8 Å². The van der Waals surface area contributed by atoms with Crippen LogP contribution in [0.1, 0.15) is 56.3 Å². The van der Waals surface area contributed by atoms with Crippen LogP contribution in [0.5, 0.6) is 0 Å². The third-order valence-corrected chi connectivity index (χ3v) is 7.63. The predicted molar refractivity (Wildman–Crippen MR) is 144 cm³/mol. The SMILES string of the molecule is CCOC(=O)C1=C(C)N=c2s/c(=C/c3cn(C)c4ccccc34)c(=O)n2[C@@H]1c1ccc(C(C)C)cc1. The van der Waals surface area contributed by atoms with Crippen LogP contribution in [-0.4, -0.2) is 21.7 Å². The first-order valence-corrected chi connectivity index (χ1v) is 13.0. The molecule has 0 N–H and O–H groups in total. The van der Waals surface area contributed by atoms with Gasteiger partial charge in [-0.25, -0.2) is 9.79 Å². The number of fused-ring (bicyclic) bond motifs is 2. The number of benzene rings is 2. The molecular weight excluding hydrogens is 470 g/mol. The number of thiazole rings is 1. The van der Waals surface area contributed by atoms with E-state index in [2.05, 4.69) is 47.7 Å². The van der Waals surface area contributed by atoms with E-state index in [1.807, 2.05) is 50.5 Å². The zero-order chi connectivity index (χ0) is 25.6. The molecule has 0 radical (unpaired) electrons. The summed E-state index contributed by atoms with van der Waals surface area (Å²) in [5, 5.41) is 1.08. The van der Waals surface area contributed by atoms with Crippen molar-refractivity contribution in [3.8, 4) is 0 Å². The van der Waals surface area contributed by atoms with Gasteiger partial charge in [-0.3, -0.25) is 9.36 Å². The Morgan fingerprint density at radius 1 is 1.17 bits per heavy atom. The van der Waals surface area contributed by atoms with E-state index >= 15 is 0 Å². The van der Waals surface area contributed by atoms with E-state index in [4.69, 9.17) is 4.74 Å². The lowest BCUT2D eigenvalue weighted by molar-refractivity contribution is -0.139. The fraction of sp³-hybridized carbons (Fsp3) is 0.276. The average Bonchev–Trinajstić information content (AvgIpc) is 3.34. The van der Waals surface area contributed by atoms with Crippen molar-refractivity contribution in [2.45, 2.75) is 39.7 Å². The Morgan fingerprint density at radius 2 is 1.89 bits per heavy atom. The molecule has 1 aliphatic heterocycles. The quantitative estimate of drug-likeness (QED) is 0.382. The van der Waals surface area contributed by atoms with E-state index in [0.29, 0.717) is 26.5 Å². The fourth-order valence-electron chi connectivity index (χ4n) is 4.80. The Hall–Kier alpha value is -3.71. The monoisotopic (exact) mass is 499 g/mol. The van der Waals surface area contributed by atoms with Crippen molar-refractivity contribution in [3.63, 3.8) is 0 Å². The number of aryl methyl sites for hydroxylation is 1. The molecule has 0 aliphatic carbocycles. The molecular formula is C29H29N3O3S. The molecule has 184 valence electrons. The van der Waals surface area contributed by atoms with E-state index in [1.165, 1.54) is 16.9 Å². The predicted octanol–water partition coefficient (Wildman–Crippen LogP) is 4.41. The van der Waals surface area contributed by atoms with Crippen LogP contribution in [0.25, 0.3) is 17.0 Å². The van der Waals surface area contributed by atoms with Gasteiger partial charge in [0, 0.05) is 29.7 Å². The fourth-order valence-corrected chi connectivity index (χ4v) is 5.84. The highest BCUT2D eigenvalue weighted by atomic mass is 32.1. The van der Waals surface area contributed by atoms with Gasteiger partial charge in [-0.05, 0) is 43.0 Å². The third-order valence-electron chi connectivity index (χ3n) is 6.65. The first-order chi connectivity index (χ1) is 17.3. The maximum atomic E-state index is 13.9. The number of para-hydroxylation sites is 1. The summed E-state index contributed by atoms with van der Waals surface area (Å²) >= 11 is 1.34. The van der Waals surface area contributed by atoms with Gasteiger partial charge < -0.3 is 9.30 Å². The number of esters is 1. The molecule has 0 bridgehead atoms. The van der Waals surface area contributed by atoms with Crippen molar-refractivity contribution in [2.24, 2.45) is 12.0 Å². The third kappa shape index (κ3) is 4.03. The Morgan fingerprint density at radius 3 is 2.58 bits per heavy atom.